The van der Waals surface area contributed by atoms with E-state index in [0.29, 0.717) is 11.1 Å². The summed E-state index contributed by atoms with van der Waals surface area (Å²) in [5.41, 5.74) is 0. The Kier molecular flexibility index (Phi) is 2.85. The number of aliphatic hydroxyl groups excluding tert-OH is 2. The highest BCUT2D eigenvalue weighted by atomic mass is 32.1. The van der Waals surface area contributed by atoms with Crippen LogP contribution in [-0.4, -0.2) is 21.4 Å². The monoisotopic (exact) mass is 281 g/mol. The smallest absolute Gasteiger partial charge is 0.183 e. The standard InChI is InChI=1S/C12H11NO3S2/c14-6-9-8(15)5-10(16-9)13-3-1-7-2-4-18-11(7)12(13)17/h1-4,10,14-15H,5-6H2/t10-/m1/s1. The van der Waals surface area contributed by atoms with Crippen LogP contribution in [0.2, 0.25) is 0 Å². The van der Waals surface area contributed by atoms with Crippen molar-refractivity contribution in [2.45, 2.75) is 12.6 Å². The molecule has 3 rings (SSSR count). The van der Waals surface area contributed by atoms with Crippen LogP contribution in [0.3, 0.4) is 0 Å². The van der Waals surface area contributed by atoms with Crippen molar-refractivity contribution in [3.8, 4) is 0 Å². The number of ether oxygens (including phenoxy) is 1. The summed E-state index contributed by atoms with van der Waals surface area (Å²) >= 11 is 7.02. The summed E-state index contributed by atoms with van der Waals surface area (Å²) in [4.78, 5) is 0. The van der Waals surface area contributed by atoms with Gasteiger partial charge in [0, 0.05) is 6.20 Å². The molecule has 2 aromatic rings. The first-order chi connectivity index (χ1) is 8.70. The fourth-order valence-corrected chi connectivity index (χ4v) is 3.30. The third-order valence-corrected chi connectivity index (χ3v) is 4.44. The largest absolute Gasteiger partial charge is 0.508 e. The lowest BCUT2D eigenvalue weighted by molar-refractivity contribution is 0.0620. The molecule has 6 heteroatoms. The molecular formula is C12H11NO3S2. The number of rotatable bonds is 2. The van der Waals surface area contributed by atoms with Gasteiger partial charge in [0.1, 0.15) is 17.0 Å². The van der Waals surface area contributed by atoms with Gasteiger partial charge < -0.3 is 19.5 Å². The lowest BCUT2D eigenvalue weighted by Crippen LogP contribution is -2.09. The summed E-state index contributed by atoms with van der Waals surface area (Å²) in [6.07, 6.45) is 1.82. The van der Waals surface area contributed by atoms with Crippen molar-refractivity contribution in [3.05, 3.63) is 39.9 Å². The zero-order valence-corrected chi connectivity index (χ0v) is 11.0. The molecule has 0 spiro atoms. The second kappa shape index (κ2) is 4.38. The van der Waals surface area contributed by atoms with Gasteiger partial charge in [0.25, 0.3) is 0 Å². The average Bonchev–Trinajstić information content (AvgIpc) is 2.96. The second-order valence-corrected chi connectivity index (χ2v) is 5.34. The summed E-state index contributed by atoms with van der Waals surface area (Å²) in [5, 5.41) is 21.8. The fraction of sp³-hybridized carbons (Fsp3) is 0.250. The Bertz CT molecular complexity index is 686. The molecule has 2 aromatic heterocycles. The molecule has 0 fully saturated rings. The van der Waals surface area contributed by atoms with Gasteiger partial charge in [-0.3, -0.25) is 0 Å². The minimum absolute atomic E-state index is 0.0932. The molecule has 0 amide bonds. The molecule has 0 radical (unpaired) electrons. The van der Waals surface area contributed by atoms with Crippen LogP contribution in [-0.2, 0) is 4.74 Å². The van der Waals surface area contributed by atoms with Crippen molar-refractivity contribution in [2.24, 2.45) is 0 Å². The molecule has 1 aliphatic rings. The van der Waals surface area contributed by atoms with Gasteiger partial charge in [0.2, 0.25) is 0 Å². The van der Waals surface area contributed by atoms with Gasteiger partial charge in [-0.2, -0.15) is 0 Å². The number of hydrogen-bond donors (Lipinski definition) is 2. The van der Waals surface area contributed by atoms with Crippen molar-refractivity contribution in [1.82, 2.24) is 4.57 Å². The summed E-state index contributed by atoms with van der Waals surface area (Å²) in [6, 6.07) is 3.99. The fourth-order valence-electron chi connectivity index (χ4n) is 2.03. The molecule has 94 valence electrons. The molecule has 0 saturated carbocycles. The first kappa shape index (κ1) is 11.7. The van der Waals surface area contributed by atoms with E-state index >= 15 is 0 Å². The quantitative estimate of drug-likeness (QED) is 0.830. The Labute approximate surface area is 112 Å². The van der Waals surface area contributed by atoms with Crippen LogP contribution >= 0.6 is 23.6 Å². The topological polar surface area (TPSA) is 54.6 Å². The van der Waals surface area contributed by atoms with Crippen LogP contribution in [0.15, 0.2) is 35.2 Å². The highest BCUT2D eigenvalue weighted by Crippen LogP contribution is 2.32. The molecule has 0 aliphatic carbocycles. The molecule has 0 aromatic carbocycles. The van der Waals surface area contributed by atoms with Gasteiger partial charge in [-0.1, -0.05) is 12.2 Å². The highest BCUT2D eigenvalue weighted by molar-refractivity contribution is 7.71. The summed E-state index contributed by atoms with van der Waals surface area (Å²) in [7, 11) is 0. The molecule has 0 saturated heterocycles. The second-order valence-electron chi connectivity index (χ2n) is 4.04. The Hall–Kier alpha value is -1.37. The van der Waals surface area contributed by atoms with E-state index in [9.17, 15) is 5.11 Å². The van der Waals surface area contributed by atoms with Crippen LogP contribution in [0.4, 0.5) is 0 Å². The summed E-state index contributed by atoms with van der Waals surface area (Å²) in [6.45, 7) is -0.295. The van der Waals surface area contributed by atoms with Crippen LogP contribution in [0, 0.1) is 4.64 Å². The van der Waals surface area contributed by atoms with E-state index in [1.54, 1.807) is 11.3 Å². The van der Waals surface area contributed by atoms with Crippen molar-refractivity contribution >= 4 is 33.6 Å². The molecule has 18 heavy (non-hydrogen) atoms. The van der Waals surface area contributed by atoms with Crippen LogP contribution in [0.5, 0.6) is 0 Å². The average molecular weight is 281 g/mol. The minimum atomic E-state index is -0.369. The summed E-state index contributed by atoms with van der Waals surface area (Å²) in [5.74, 6) is 0.323. The maximum absolute atomic E-state index is 9.63. The van der Waals surface area contributed by atoms with E-state index in [2.05, 4.69) is 0 Å². The number of aromatic nitrogens is 1. The predicted octanol–water partition coefficient (Wildman–Crippen LogP) is 3.11. The van der Waals surface area contributed by atoms with E-state index in [4.69, 9.17) is 22.1 Å². The van der Waals surface area contributed by atoms with Crippen LogP contribution in [0.25, 0.3) is 10.1 Å². The van der Waals surface area contributed by atoms with Crippen LogP contribution in [0.1, 0.15) is 12.6 Å². The maximum Gasteiger partial charge on any atom is 0.183 e. The van der Waals surface area contributed by atoms with E-state index in [1.807, 2.05) is 28.3 Å². The van der Waals surface area contributed by atoms with E-state index in [0.717, 1.165) is 10.1 Å². The first-order valence-electron chi connectivity index (χ1n) is 5.47. The number of fused-ring (bicyclic) bond motifs is 1. The van der Waals surface area contributed by atoms with Gasteiger partial charge in [0.05, 0.1) is 11.1 Å². The zero-order valence-electron chi connectivity index (χ0n) is 9.37. The van der Waals surface area contributed by atoms with E-state index in [-0.39, 0.29) is 24.4 Å². The Balaban J connectivity index is 2.02. The normalized spacial score (nSPS) is 19.5. The number of aliphatic hydroxyl groups is 2. The number of pyridine rings is 1. The van der Waals surface area contributed by atoms with Gasteiger partial charge >= 0.3 is 0 Å². The molecular weight excluding hydrogens is 270 g/mol. The number of nitrogens with zero attached hydrogens (tertiary/aromatic N) is 1. The third-order valence-electron chi connectivity index (χ3n) is 2.96. The lowest BCUT2D eigenvalue weighted by atomic mass is 10.3. The Morgan fingerprint density at radius 3 is 3.06 bits per heavy atom. The van der Waals surface area contributed by atoms with Gasteiger partial charge in [-0.15, -0.1) is 11.3 Å². The van der Waals surface area contributed by atoms with Crippen molar-refractivity contribution in [3.63, 3.8) is 0 Å². The molecule has 1 atom stereocenters. The summed E-state index contributed by atoms with van der Waals surface area (Å²) < 4.78 is 9.04. The highest BCUT2D eigenvalue weighted by Gasteiger charge is 2.26. The predicted molar refractivity (Wildman–Crippen MR) is 72.1 cm³/mol. The maximum atomic E-state index is 9.63. The van der Waals surface area contributed by atoms with Crippen molar-refractivity contribution in [1.29, 1.82) is 0 Å². The van der Waals surface area contributed by atoms with Gasteiger partial charge in [-0.05, 0) is 22.9 Å². The molecule has 4 nitrogen and oxygen atoms in total. The number of hydrogen-bond acceptors (Lipinski definition) is 5. The third kappa shape index (κ3) is 1.73. The SMILES string of the molecule is OCC1=C(O)C[C@H](n2ccc3ccsc3c2=S)O1. The van der Waals surface area contributed by atoms with Gasteiger partial charge in [0.15, 0.2) is 12.0 Å². The molecule has 3 heterocycles. The number of thiophene rings is 1. The first-order valence-corrected chi connectivity index (χ1v) is 6.76. The minimum Gasteiger partial charge on any atom is -0.508 e. The van der Waals surface area contributed by atoms with Gasteiger partial charge in [-0.25, -0.2) is 0 Å². The van der Waals surface area contributed by atoms with Crippen LogP contribution < -0.4 is 0 Å². The van der Waals surface area contributed by atoms with Crippen molar-refractivity contribution in [2.75, 3.05) is 6.61 Å². The van der Waals surface area contributed by atoms with E-state index in [1.165, 1.54) is 0 Å². The Morgan fingerprint density at radius 1 is 1.50 bits per heavy atom. The molecule has 0 bridgehead atoms. The lowest BCUT2D eigenvalue weighted by Gasteiger charge is -2.16. The molecule has 2 N–H and O–H groups in total. The zero-order chi connectivity index (χ0) is 12.7. The molecule has 1 aliphatic heterocycles. The van der Waals surface area contributed by atoms with E-state index < -0.39 is 0 Å². The Morgan fingerprint density at radius 2 is 2.33 bits per heavy atom. The van der Waals surface area contributed by atoms with Crippen molar-refractivity contribution < 1.29 is 14.9 Å². The molecule has 0 unspecified atom stereocenters.